The molecule has 3 rings (SSSR count). The summed E-state index contributed by atoms with van der Waals surface area (Å²) in [6.07, 6.45) is 0. The number of halogens is 2. The zero-order chi connectivity index (χ0) is 14.4. The van der Waals surface area contributed by atoms with Crippen LogP contribution < -0.4 is 0 Å². The van der Waals surface area contributed by atoms with E-state index in [0.29, 0.717) is 21.6 Å². The predicted molar refractivity (Wildman–Crippen MR) is 80.4 cm³/mol. The largest absolute Gasteiger partial charge is 0.191 e. The minimum Gasteiger partial charge on any atom is -0.191 e. The quantitative estimate of drug-likeness (QED) is 0.682. The molecule has 0 N–H and O–H groups in total. The highest BCUT2D eigenvalue weighted by molar-refractivity contribution is 6.34. The van der Waals surface area contributed by atoms with E-state index in [2.05, 4.69) is 15.3 Å². The minimum absolute atomic E-state index is 0.444. The highest BCUT2D eigenvalue weighted by Crippen LogP contribution is 2.30. The Labute approximate surface area is 126 Å². The molecule has 2 aromatic heterocycles. The van der Waals surface area contributed by atoms with Gasteiger partial charge in [0.15, 0.2) is 16.6 Å². The van der Waals surface area contributed by atoms with Crippen LogP contribution in [0.1, 0.15) is 16.7 Å². The zero-order valence-electron chi connectivity index (χ0n) is 11.3. The Kier molecular flexibility index (Phi) is 3.15. The lowest BCUT2D eigenvalue weighted by Crippen LogP contribution is -2.00. The molecule has 0 aliphatic rings. The van der Waals surface area contributed by atoms with Crippen LogP contribution in [0.2, 0.25) is 10.2 Å². The molecule has 3 aromatic rings. The molecule has 0 atom stereocenters. The first kappa shape index (κ1) is 13.3. The molecule has 1 aromatic carbocycles. The predicted octanol–water partition coefficient (Wildman–Crippen LogP) is 4.02. The number of nitrogens with zero attached hydrogens (tertiary/aromatic N) is 4. The Balaban J connectivity index is 2.36. The number of fused-ring (bicyclic) bond motifs is 1. The second-order valence-corrected chi connectivity index (χ2v) is 5.47. The molecule has 0 aliphatic heterocycles. The molecule has 0 saturated heterocycles. The van der Waals surface area contributed by atoms with Crippen molar-refractivity contribution in [1.82, 2.24) is 19.8 Å². The van der Waals surface area contributed by atoms with E-state index in [4.69, 9.17) is 23.2 Å². The van der Waals surface area contributed by atoms with Crippen molar-refractivity contribution < 1.29 is 0 Å². The van der Waals surface area contributed by atoms with Crippen LogP contribution in [0.4, 0.5) is 0 Å². The normalized spacial score (nSPS) is 11.2. The molecule has 0 bridgehead atoms. The maximum atomic E-state index is 6.35. The molecule has 4 nitrogen and oxygen atoms in total. The van der Waals surface area contributed by atoms with Crippen molar-refractivity contribution in [3.63, 3.8) is 0 Å². The first-order valence-electron chi connectivity index (χ1n) is 6.14. The van der Waals surface area contributed by atoms with Gasteiger partial charge in [-0.2, -0.15) is 9.61 Å². The number of benzene rings is 1. The Morgan fingerprint density at radius 3 is 2.50 bits per heavy atom. The average Bonchev–Trinajstić information content (AvgIpc) is 2.83. The molecule has 0 radical (unpaired) electrons. The molecule has 2 heterocycles. The Hall–Kier alpha value is -1.65. The van der Waals surface area contributed by atoms with Crippen LogP contribution in [0.3, 0.4) is 0 Å². The Bertz CT molecular complexity index is 824. The lowest BCUT2D eigenvalue weighted by Gasteiger charge is -2.07. The zero-order valence-corrected chi connectivity index (χ0v) is 12.8. The topological polar surface area (TPSA) is 43.1 Å². The molecule has 6 heteroatoms. The van der Waals surface area contributed by atoms with E-state index in [0.717, 1.165) is 22.3 Å². The maximum absolute atomic E-state index is 6.35. The van der Waals surface area contributed by atoms with Crippen molar-refractivity contribution in [3.8, 4) is 11.4 Å². The van der Waals surface area contributed by atoms with Crippen LogP contribution in [-0.4, -0.2) is 19.8 Å². The molecule has 0 spiro atoms. The van der Waals surface area contributed by atoms with Gasteiger partial charge in [0.1, 0.15) is 0 Å². The van der Waals surface area contributed by atoms with Gasteiger partial charge in [-0.3, -0.25) is 0 Å². The molecular weight excluding hydrogens is 295 g/mol. The van der Waals surface area contributed by atoms with Crippen molar-refractivity contribution in [3.05, 3.63) is 45.1 Å². The summed E-state index contributed by atoms with van der Waals surface area (Å²) in [6.45, 7) is 5.82. The Morgan fingerprint density at radius 2 is 1.75 bits per heavy atom. The van der Waals surface area contributed by atoms with Crippen molar-refractivity contribution in [2.75, 3.05) is 0 Å². The summed E-state index contributed by atoms with van der Waals surface area (Å²) in [4.78, 5) is 0. The van der Waals surface area contributed by atoms with Crippen LogP contribution in [0.5, 0.6) is 0 Å². The van der Waals surface area contributed by atoms with Crippen LogP contribution >= 0.6 is 23.2 Å². The first-order valence-corrected chi connectivity index (χ1v) is 6.90. The number of hydrogen-bond donors (Lipinski definition) is 0. The monoisotopic (exact) mass is 306 g/mol. The molecule has 0 fully saturated rings. The third kappa shape index (κ3) is 1.87. The standard InChI is InChI=1S/C14H12Cl2N4/c1-7-5-4-6-10(11(7)15)14-18-17-13-9(3)8(2)12(16)19-20(13)14/h4-6H,1-3H3. The van der Waals surface area contributed by atoms with Gasteiger partial charge in [-0.15, -0.1) is 10.2 Å². The van der Waals surface area contributed by atoms with Crippen molar-refractivity contribution in [2.24, 2.45) is 0 Å². The molecule has 0 aliphatic carbocycles. The highest BCUT2D eigenvalue weighted by Gasteiger charge is 2.17. The highest BCUT2D eigenvalue weighted by atomic mass is 35.5. The summed E-state index contributed by atoms with van der Waals surface area (Å²) in [5.74, 6) is 0.596. The third-order valence-electron chi connectivity index (χ3n) is 3.47. The number of aryl methyl sites for hydroxylation is 2. The molecule has 0 unspecified atom stereocenters. The second kappa shape index (κ2) is 4.72. The number of hydrogen-bond acceptors (Lipinski definition) is 3. The van der Waals surface area contributed by atoms with Crippen molar-refractivity contribution >= 4 is 28.8 Å². The van der Waals surface area contributed by atoms with Gasteiger partial charge in [-0.1, -0.05) is 35.3 Å². The fraction of sp³-hybridized carbons (Fsp3) is 0.214. The van der Waals surface area contributed by atoms with Crippen LogP contribution in [0.15, 0.2) is 18.2 Å². The van der Waals surface area contributed by atoms with Gasteiger partial charge in [0, 0.05) is 11.1 Å². The summed E-state index contributed by atoms with van der Waals surface area (Å²) >= 11 is 12.5. The number of aromatic nitrogens is 4. The molecule has 0 amide bonds. The summed E-state index contributed by atoms with van der Waals surface area (Å²) in [7, 11) is 0. The fourth-order valence-corrected chi connectivity index (χ4v) is 2.51. The van der Waals surface area contributed by atoms with Gasteiger partial charge >= 0.3 is 0 Å². The van der Waals surface area contributed by atoms with Gasteiger partial charge in [0.2, 0.25) is 0 Å². The van der Waals surface area contributed by atoms with Crippen LogP contribution in [0, 0.1) is 20.8 Å². The fourth-order valence-electron chi connectivity index (χ4n) is 2.08. The smallest absolute Gasteiger partial charge is 0.186 e. The van der Waals surface area contributed by atoms with Crippen LogP contribution in [0.25, 0.3) is 17.0 Å². The van der Waals surface area contributed by atoms with E-state index in [1.54, 1.807) is 4.52 Å². The SMILES string of the molecule is Cc1cccc(-c2nnc3c(C)c(C)c(Cl)nn23)c1Cl. The number of rotatable bonds is 1. The summed E-state index contributed by atoms with van der Waals surface area (Å²) in [5, 5.41) is 13.9. The van der Waals surface area contributed by atoms with Crippen molar-refractivity contribution in [1.29, 1.82) is 0 Å². The minimum atomic E-state index is 0.444. The molecule has 0 saturated carbocycles. The average molecular weight is 307 g/mol. The first-order chi connectivity index (χ1) is 9.50. The van der Waals surface area contributed by atoms with E-state index in [1.165, 1.54) is 0 Å². The lowest BCUT2D eigenvalue weighted by molar-refractivity contribution is 0.919. The summed E-state index contributed by atoms with van der Waals surface area (Å²) in [5.41, 5.74) is 4.35. The van der Waals surface area contributed by atoms with Crippen LogP contribution in [-0.2, 0) is 0 Å². The van der Waals surface area contributed by atoms with Gasteiger partial charge in [-0.25, -0.2) is 0 Å². The van der Waals surface area contributed by atoms with Gasteiger partial charge < -0.3 is 0 Å². The van der Waals surface area contributed by atoms with Gasteiger partial charge in [-0.05, 0) is 38.0 Å². The third-order valence-corrected chi connectivity index (χ3v) is 4.33. The second-order valence-electron chi connectivity index (χ2n) is 4.74. The maximum Gasteiger partial charge on any atom is 0.186 e. The Morgan fingerprint density at radius 1 is 1.00 bits per heavy atom. The van der Waals surface area contributed by atoms with E-state index in [9.17, 15) is 0 Å². The van der Waals surface area contributed by atoms with E-state index in [1.807, 2.05) is 39.0 Å². The van der Waals surface area contributed by atoms with Gasteiger partial charge in [0.25, 0.3) is 0 Å². The lowest BCUT2D eigenvalue weighted by atomic mass is 10.1. The summed E-state index contributed by atoms with van der Waals surface area (Å²) < 4.78 is 1.64. The van der Waals surface area contributed by atoms with Crippen molar-refractivity contribution in [2.45, 2.75) is 20.8 Å². The molecular formula is C14H12Cl2N4. The van der Waals surface area contributed by atoms with Gasteiger partial charge in [0.05, 0.1) is 5.02 Å². The molecule has 102 valence electrons. The van der Waals surface area contributed by atoms with E-state index >= 15 is 0 Å². The molecule has 20 heavy (non-hydrogen) atoms. The summed E-state index contributed by atoms with van der Waals surface area (Å²) in [6, 6.07) is 5.78. The van der Waals surface area contributed by atoms with E-state index in [-0.39, 0.29) is 0 Å². The van der Waals surface area contributed by atoms with E-state index < -0.39 is 0 Å².